The molecule has 0 fully saturated rings. The molecule has 44 heavy (non-hydrogen) atoms. The van der Waals surface area contributed by atoms with Crippen LogP contribution in [-0.4, -0.2) is 49.3 Å². The number of phosphoric acid groups is 1. The standard InChI is InChI=1S/C34H66NO8P/c1-3-5-7-9-11-12-13-14-15-16-17-18-19-21-23-25-27-34(37)43-32(31-42-44(38,39)41-29-28-35)30-40-33(36)26-24-22-20-10-8-6-4-2/h15-16,32H,3-14,17-31,35H2,1-2H3,(H,38,39)/b16-15-. The summed E-state index contributed by atoms with van der Waals surface area (Å²) in [6.45, 7) is 3.66. The summed E-state index contributed by atoms with van der Waals surface area (Å²) < 4.78 is 32.5. The normalized spacial score (nSPS) is 13.6. The van der Waals surface area contributed by atoms with Crippen molar-refractivity contribution in [1.82, 2.24) is 0 Å². The molecule has 0 rings (SSSR count). The van der Waals surface area contributed by atoms with Gasteiger partial charge in [-0.05, 0) is 38.5 Å². The first-order chi connectivity index (χ1) is 21.3. The number of allylic oxidation sites excluding steroid dienone is 2. The third-order valence-electron chi connectivity index (χ3n) is 7.40. The Morgan fingerprint density at radius 1 is 0.659 bits per heavy atom. The van der Waals surface area contributed by atoms with E-state index in [1.165, 1.54) is 77.0 Å². The van der Waals surface area contributed by atoms with Crippen LogP contribution in [0.15, 0.2) is 12.2 Å². The van der Waals surface area contributed by atoms with Crippen LogP contribution in [0.5, 0.6) is 0 Å². The fourth-order valence-corrected chi connectivity index (χ4v) is 5.51. The van der Waals surface area contributed by atoms with Crippen molar-refractivity contribution in [2.24, 2.45) is 5.73 Å². The molecule has 0 heterocycles. The summed E-state index contributed by atoms with van der Waals surface area (Å²) in [6.07, 6.45) is 28.3. The largest absolute Gasteiger partial charge is 0.472 e. The fourth-order valence-electron chi connectivity index (χ4n) is 4.74. The van der Waals surface area contributed by atoms with Gasteiger partial charge >= 0.3 is 19.8 Å². The Morgan fingerprint density at radius 3 is 1.61 bits per heavy atom. The minimum Gasteiger partial charge on any atom is -0.462 e. The zero-order chi connectivity index (χ0) is 32.6. The zero-order valence-electron chi connectivity index (χ0n) is 28.2. The Kier molecular flexibility index (Phi) is 30.8. The average molecular weight is 648 g/mol. The highest BCUT2D eigenvalue weighted by molar-refractivity contribution is 7.47. The highest BCUT2D eigenvalue weighted by Gasteiger charge is 2.25. The molecule has 10 heteroatoms. The van der Waals surface area contributed by atoms with Gasteiger partial charge in [0.2, 0.25) is 0 Å². The van der Waals surface area contributed by atoms with Gasteiger partial charge in [-0.1, -0.05) is 122 Å². The quantitative estimate of drug-likeness (QED) is 0.0309. The van der Waals surface area contributed by atoms with Crippen molar-refractivity contribution in [3.05, 3.63) is 12.2 Å². The molecule has 0 aliphatic heterocycles. The second-order valence-electron chi connectivity index (χ2n) is 11.7. The lowest BCUT2D eigenvalue weighted by atomic mass is 10.1. The van der Waals surface area contributed by atoms with E-state index in [2.05, 4.69) is 26.0 Å². The summed E-state index contributed by atoms with van der Waals surface area (Å²) >= 11 is 0. The SMILES string of the molecule is CCCCCCCCC/C=C\CCCCCCCC(=O)OC(COC(=O)CCCCCCCCC)COP(=O)(O)OCCN. The second kappa shape index (κ2) is 31.7. The molecule has 2 unspecified atom stereocenters. The van der Waals surface area contributed by atoms with Gasteiger partial charge in [0.15, 0.2) is 6.10 Å². The number of nitrogens with two attached hydrogens (primary N) is 1. The number of carbonyl (C=O) groups is 2. The van der Waals surface area contributed by atoms with Crippen LogP contribution in [0.2, 0.25) is 0 Å². The molecular weight excluding hydrogens is 581 g/mol. The Hall–Kier alpha value is -1.25. The smallest absolute Gasteiger partial charge is 0.462 e. The minimum absolute atomic E-state index is 0.0541. The third-order valence-corrected chi connectivity index (χ3v) is 8.39. The molecule has 9 nitrogen and oxygen atoms in total. The highest BCUT2D eigenvalue weighted by Crippen LogP contribution is 2.43. The predicted molar refractivity (Wildman–Crippen MR) is 178 cm³/mol. The van der Waals surface area contributed by atoms with E-state index in [4.69, 9.17) is 24.3 Å². The Labute approximate surface area is 269 Å². The van der Waals surface area contributed by atoms with E-state index in [-0.39, 0.29) is 38.6 Å². The van der Waals surface area contributed by atoms with Crippen LogP contribution in [0.25, 0.3) is 0 Å². The summed E-state index contributed by atoms with van der Waals surface area (Å²) in [5, 5.41) is 0. The van der Waals surface area contributed by atoms with E-state index in [1.807, 2.05) is 0 Å². The molecule has 0 saturated carbocycles. The van der Waals surface area contributed by atoms with E-state index in [9.17, 15) is 19.0 Å². The van der Waals surface area contributed by atoms with E-state index in [1.54, 1.807) is 0 Å². The molecule has 3 N–H and O–H groups in total. The molecule has 0 aromatic carbocycles. The van der Waals surface area contributed by atoms with Crippen molar-refractivity contribution >= 4 is 19.8 Å². The Morgan fingerprint density at radius 2 is 1.11 bits per heavy atom. The lowest BCUT2D eigenvalue weighted by Crippen LogP contribution is -2.29. The zero-order valence-corrected chi connectivity index (χ0v) is 29.0. The van der Waals surface area contributed by atoms with Crippen molar-refractivity contribution in [2.45, 2.75) is 168 Å². The van der Waals surface area contributed by atoms with Crippen LogP contribution < -0.4 is 5.73 Å². The maximum Gasteiger partial charge on any atom is 0.472 e. The van der Waals surface area contributed by atoms with Crippen LogP contribution in [-0.2, 0) is 32.7 Å². The molecule has 0 radical (unpaired) electrons. The third kappa shape index (κ3) is 30.8. The van der Waals surface area contributed by atoms with Crippen molar-refractivity contribution in [1.29, 1.82) is 0 Å². The summed E-state index contributed by atoms with van der Waals surface area (Å²) in [6, 6.07) is 0. The summed E-state index contributed by atoms with van der Waals surface area (Å²) in [7, 11) is -4.36. The Balaban J connectivity index is 4.20. The van der Waals surface area contributed by atoms with Crippen LogP contribution >= 0.6 is 7.82 Å². The van der Waals surface area contributed by atoms with E-state index in [0.29, 0.717) is 6.42 Å². The van der Waals surface area contributed by atoms with Gasteiger partial charge in [0.05, 0.1) is 13.2 Å². The van der Waals surface area contributed by atoms with Gasteiger partial charge < -0.3 is 20.1 Å². The average Bonchev–Trinajstić information content (AvgIpc) is 3.00. The Bertz CT molecular complexity index is 749. The molecule has 0 amide bonds. The number of hydrogen-bond acceptors (Lipinski definition) is 8. The van der Waals surface area contributed by atoms with Gasteiger partial charge in [0, 0.05) is 19.4 Å². The van der Waals surface area contributed by atoms with Crippen molar-refractivity contribution in [2.75, 3.05) is 26.4 Å². The molecule has 2 atom stereocenters. The first-order valence-electron chi connectivity index (χ1n) is 17.7. The summed E-state index contributed by atoms with van der Waals surface area (Å²) in [4.78, 5) is 34.4. The number of rotatable bonds is 33. The molecule has 0 aromatic heterocycles. The number of esters is 2. The molecule has 0 aliphatic carbocycles. The predicted octanol–water partition coefficient (Wildman–Crippen LogP) is 9.10. The van der Waals surface area contributed by atoms with Crippen molar-refractivity contribution < 1.29 is 37.6 Å². The van der Waals surface area contributed by atoms with Gasteiger partial charge in [-0.15, -0.1) is 0 Å². The maximum absolute atomic E-state index is 12.5. The number of hydrogen-bond donors (Lipinski definition) is 2. The van der Waals surface area contributed by atoms with E-state index in [0.717, 1.165) is 51.4 Å². The van der Waals surface area contributed by atoms with Crippen LogP contribution in [0, 0.1) is 0 Å². The fraction of sp³-hybridized carbons (Fsp3) is 0.882. The topological polar surface area (TPSA) is 134 Å². The van der Waals surface area contributed by atoms with Crippen LogP contribution in [0.1, 0.15) is 162 Å². The molecular formula is C34H66NO8P. The number of phosphoric ester groups is 1. The molecule has 0 spiro atoms. The molecule has 0 aliphatic rings. The number of ether oxygens (including phenoxy) is 2. The number of unbranched alkanes of at least 4 members (excludes halogenated alkanes) is 18. The lowest BCUT2D eigenvalue weighted by Gasteiger charge is -2.19. The molecule has 0 bridgehead atoms. The molecule has 260 valence electrons. The van der Waals surface area contributed by atoms with Gasteiger partial charge in [-0.3, -0.25) is 18.6 Å². The van der Waals surface area contributed by atoms with Crippen LogP contribution in [0.4, 0.5) is 0 Å². The highest BCUT2D eigenvalue weighted by atomic mass is 31.2. The summed E-state index contributed by atoms with van der Waals surface area (Å²) in [5.41, 5.74) is 5.31. The lowest BCUT2D eigenvalue weighted by molar-refractivity contribution is -0.161. The first-order valence-corrected chi connectivity index (χ1v) is 19.2. The van der Waals surface area contributed by atoms with Gasteiger partial charge in [-0.2, -0.15) is 0 Å². The molecule has 0 aromatic rings. The van der Waals surface area contributed by atoms with E-state index >= 15 is 0 Å². The van der Waals surface area contributed by atoms with Crippen molar-refractivity contribution in [3.8, 4) is 0 Å². The minimum atomic E-state index is -4.36. The second-order valence-corrected chi connectivity index (χ2v) is 13.2. The van der Waals surface area contributed by atoms with Gasteiger partial charge in [0.25, 0.3) is 0 Å². The van der Waals surface area contributed by atoms with Gasteiger partial charge in [-0.25, -0.2) is 4.57 Å². The van der Waals surface area contributed by atoms with E-state index < -0.39 is 26.5 Å². The summed E-state index contributed by atoms with van der Waals surface area (Å²) in [5.74, 6) is -0.843. The van der Waals surface area contributed by atoms with Gasteiger partial charge in [0.1, 0.15) is 6.61 Å². The molecule has 0 saturated heterocycles. The van der Waals surface area contributed by atoms with Crippen molar-refractivity contribution in [3.63, 3.8) is 0 Å². The first kappa shape index (κ1) is 42.8. The maximum atomic E-state index is 12.5. The van der Waals surface area contributed by atoms with Crippen LogP contribution in [0.3, 0.4) is 0 Å². The number of carbonyl (C=O) groups excluding carboxylic acids is 2. The monoisotopic (exact) mass is 647 g/mol.